The first-order valence-corrected chi connectivity index (χ1v) is 10.4. The molecule has 0 aromatic carbocycles. The second-order valence-corrected chi connectivity index (χ2v) is 9.34. The zero-order valence-corrected chi connectivity index (χ0v) is 17.2. The van der Waals surface area contributed by atoms with Gasteiger partial charge in [0, 0.05) is 29.3 Å². The van der Waals surface area contributed by atoms with Gasteiger partial charge in [-0.05, 0) is 31.2 Å². The van der Waals surface area contributed by atoms with Crippen LogP contribution in [0.4, 0.5) is 5.82 Å². The summed E-state index contributed by atoms with van der Waals surface area (Å²) in [6.07, 6.45) is 5.98. The average molecular weight is 401 g/mol. The Balaban J connectivity index is 1.47. The molecule has 0 radical (unpaired) electrons. The lowest BCUT2D eigenvalue weighted by Gasteiger charge is -2.12. The van der Waals surface area contributed by atoms with Crippen molar-refractivity contribution in [1.82, 2.24) is 14.7 Å². The van der Waals surface area contributed by atoms with Crippen LogP contribution >= 0.6 is 11.3 Å². The number of rotatable bonds is 4. The quantitative estimate of drug-likeness (QED) is 0.722. The number of aryl methyl sites for hydroxylation is 3. The van der Waals surface area contributed by atoms with Crippen molar-refractivity contribution in [3.63, 3.8) is 0 Å². The van der Waals surface area contributed by atoms with Gasteiger partial charge in [-0.2, -0.15) is 0 Å². The van der Waals surface area contributed by atoms with E-state index in [1.807, 2.05) is 20.8 Å². The lowest BCUT2D eigenvalue weighted by molar-refractivity contribution is -0.116. The maximum atomic E-state index is 12.9. The highest BCUT2D eigenvalue weighted by molar-refractivity contribution is 7.18. The van der Waals surface area contributed by atoms with Gasteiger partial charge in [-0.3, -0.25) is 14.2 Å². The third kappa shape index (κ3) is 3.61. The molecule has 0 saturated heterocycles. The number of carbonyl (C=O) groups is 1. The van der Waals surface area contributed by atoms with E-state index in [4.69, 9.17) is 4.52 Å². The largest absolute Gasteiger partial charge is 0.359 e. The summed E-state index contributed by atoms with van der Waals surface area (Å²) in [6, 6.07) is 1.73. The standard InChI is InChI=1S/C20H24N4O3S/c1-20(2,3)14-10-15(23-27-14)22-16(25)8-9-24-11-21-18-17(19(24)26)12-6-4-5-7-13(12)28-18/h10-11H,4-9H2,1-3H3,(H,22,23,25). The zero-order chi connectivity index (χ0) is 19.9. The van der Waals surface area contributed by atoms with Crippen LogP contribution in [-0.2, 0) is 29.6 Å². The molecule has 148 valence electrons. The summed E-state index contributed by atoms with van der Waals surface area (Å²) in [7, 11) is 0. The topological polar surface area (TPSA) is 90.0 Å². The Bertz CT molecular complexity index is 1090. The Hall–Kier alpha value is -2.48. The van der Waals surface area contributed by atoms with Gasteiger partial charge >= 0.3 is 0 Å². The molecule has 0 fully saturated rings. The van der Waals surface area contributed by atoms with Gasteiger partial charge in [0.15, 0.2) is 5.82 Å². The van der Waals surface area contributed by atoms with Crippen LogP contribution in [0.2, 0.25) is 0 Å². The van der Waals surface area contributed by atoms with Crippen molar-refractivity contribution in [3.05, 3.63) is 38.9 Å². The van der Waals surface area contributed by atoms with E-state index in [2.05, 4.69) is 15.5 Å². The van der Waals surface area contributed by atoms with Crippen LogP contribution in [-0.4, -0.2) is 20.6 Å². The highest BCUT2D eigenvalue weighted by atomic mass is 32.1. The van der Waals surface area contributed by atoms with Crippen molar-refractivity contribution in [2.75, 3.05) is 5.32 Å². The van der Waals surface area contributed by atoms with Crippen molar-refractivity contribution in [2.45, 2.75) is 64.8 Å². The highest BCUT2D eigenvalue weighted by Crippen LogP contribution is 2.33. The van der Waals surface area contributed by atoms with Crippen molar-refractivity contribution >= 4 is 33.3 Å². The molecule has 3 aromatic rings. The first-order chi connectivity index (χ1) is 13.3. The molecule has 1 aliphatic carbocycles. The second-order valence-electron chi connectivity index (χ2n) is 8.26. The summed E-state index contributed by atoms with van der Waals surface area (Å²) in [5.74, 6) is 0.881. The monoisotopic (exact) mass is 400 g/mol. The summed E-state index contributed by atoms with van der Waals surface area (Å²) >= 11 is 1.63. The molecule has 3 heterocycles. The van der Waals surface area contributed by atoms with E-state index in [0.717, 1.165) is 29.5 Å². The molecule has 0 bridgehead atoms. The minimum atomic E-state index is -0.215. The van der Waals surface area contributed by atoms with Crippen molar-refractivity contribution in [1.29, 1.82) is 0 Å². The molecule has 28 heavy (non-hydrogen) atoms. The van der Waals surface area contributed by atoms with Crippen LogP contribution in [0.3, 0.4) is 0 Å². The maximum Gasteiger partial charge on any atom is 0.262 e. The van der Waals surface area contributed by atoms with E-state index in [1.165, 1.54) is 21.4 Å². The van der Waals surface area contributed by atoms with E-state index in [0.29, 0.717) is 11.6 Å². The van der Waals surface area contributed by atoms with Crippen molar-refractivity contribution < 1.29 is 9.32 Å². The van der Waals surface area contributed by atoms with Crippen LogP contribution in [0.1, 0.15) is 56.2 Å². The number of thiophene rings is 1. The number of amides is 1. The van der Waals surface area contributed by atoms with Crippen LogP contribution < -0.4 is 10.9 Å². The second kappa shape index (κ2) is 7.16. The predicted molar refractivity (Wildman–Crippen MR) is 109 cm³/mol. The van der Waals surface area contributed by atoms with Crippen LogP contribution in [0.5, 0.6) is 0 Å². The Morgan fingerprint density at radius 3 is 2.86 bits per heavy atom. The molecule has 1 N–H and O–H groups in total. The van der Waals surface area contributed by atoms with Gasteiger partial charge in [0.25, 0.3) is 5.56 Å². The fourth-order valence-electron chi connectivity index (χ4n) is 3.46. The molecule has 4 rings (SSSR count). The fraction of sp³-hybridized carbons (Fsp3) is 0.500. The smallest absolute Gasteiger partial charge is 0.262 e. The Morgan fingerprint density at radius 2 is 2.11 bits per heavy atom. The molecular formula is C20H24N4O3S. The van der Waals surface area contributed by atoms with Gasteiger partial charge in [0.05, 0.1) is 11.7 Å². The van der Waals surface area contributed by atoms with E-state index in [1.54, 1.807) is 23.7 Å². The summed E-state index contributed by atoms with van der Waals surface area (Å²) in [6.45, 7) is 6.32. The van der Waals surface area contributed by atoms with Crippen molar-refractivity contribution in [3.8, 4) is 0 Å². The number of carbonyl (C=O) groups excluding carboxylic acids is 1. The van der Waals surface area contributed by atoms with E-state index >= 15 is 0 Å². The third-order valence-electron chi connectivity index (χ3n) is 5.04. The Kier molecular flexibility index (Phi) is 4.82. The van der Waals surface area contributed by atoms with Crippen LogP contribution in [0, 0.1) is 0 Å². The number of nitrogens with zero attached hydrogens (tertiary/aromatic N) is 3. The third-order valence-corrected chi connectivity index (χ3v) is 6.24. The summed E-state index contributed by atoms with van der Waals surface area (Å²) in [4.78, 5) is 31.8. The normalized spacial score (nSPS) is 14.2. The van der Waals surface area contributed by atoms with E-state index in [-0.39, 0.29) is 29.8 Å². The van der Waals surface area contributed by atoms with Crippen LogP contribution in [0.25, 0.3) is 10.2 Å². The highest BCUT2D eigenvalue weighted by Gasteiger charge is 2.21. The lowest BCUT2D eigenvalue weighted by Crippen LogP contribution is -2.24. The van der Waals surface area contributed by atoms with Gasteiger partial charge in [0.1, 0.15) is 10.6 Å². The van der Waals surface area contributed by atoms with Gasteiger partial charge in [-0.15, -0.1) is 11.3 Å². The number of anilines is 1. The summed E-state index contributed by atoms with van der Waals surface area (Å²) in [5, 5.41) is 7.36. The molecule has 1 amide bonds. The van der Waals surface area contributed by atoms with Gasteiger partial charge < -0.3 is 9.84 Å². The summed E-state index contributed by atoms with van der Waals surface area (Å²) < 4.78 is 6.81. The molecule has 0 saturated carbocycles. The molecule has 0 atom stereocenters. The molecule has 0 unspecified atom stereocenters. The molecule has 1 aliphatic rings. The molecule has 0 aliphatic heterocycles. The maximum absolute atomic E-state index is 12.9. The number of hydrogen-bond acceptors (Lipinski definition) is 6. The molecule has 7 nitrogen and oxygen atoms in total. The molecule has 3 aromatic heterocycles. The average Bonchev–Trinajstić information content (AvgIpc) is 3.25. The van der Waals surface area contributed by atoms with E-state index < -0.39 is 0 Å². The Labute approximate surface area is 166 Å². The number of aromatic nitrogens is 3. The SMILES string of the molecule is CC(C)(C)c1cc(NC(=O)CCn2cnc3sc4c(c3c2=O)CCCC4)no1. The van der Waals surface area contributed by atoms with Gasteiger partial charge in [-0.1, -0.05) is 25.9 Å². The zero-order valence-electron chi connectivity index (χ0n) is 16.4. The van der Waals surface area contributed by atoms with E-state index in [9.17, 15) is 9.59 Å². The van der Waals surface area contributed by atoms with Crippen molar-refractivity contribution in [2.24, 2.45) is 0 Å². The molecule has 8 heteroatoms. The number of hydrogen-bond donors (Lipinski definition) is 1. The molecular weight excluding hydrogens is 376 g/mol. The lowest BCUT2D eigenvalue weighted by atomic mass is 9.93. The minimum absolute atomic E-state index is 0.0475. The molecule has 0 spiro atoms. The first kappa shape index (κ1) is 18.9. The minimum Gasteiger partial charge on any atom is -0.359 e. The first-order valence-electron chi connectivity index (χ1n) is 9.59. The number of fused-ring (bicyclic) bond motifs is 3. The summed E-state index contributed by atoms with van der Waals surface area (Å²) in [5.41, 5.74) is 0.942. The van der Waals surface area contributed by atoms with Crippen LogP contribution in [0.15, 0.2) is 21.7 Å². The fourth-order valence-corrected chi connectivity index (χ4v) is 4.67. The van der Waals surface area contributed by atoms with Gasteiger partial charge in [-0.25, -0.2) is 4.98 Å². The Morgan fingerprint density at radius 1 is 1.32 bits per heavy atom. The van der Waals surface area contributed by atoms with Gasteiger partial charge in [0.2, 0.25) is 5.91 Å². The number of nitrogens with one attached hydrogen (secondary N) is 1. The predicted octanol–water partition coefficient (Wildman–Crippen LogP) is 3.65.